The van der Waals surface area contributed by atoms with Crippen LogP contribution in [0.4, 0.5) is 20.2 Å². The molecule has 1 rings (SSSR count). The van der Waals surface area contributed by atoms with Crippen LogP contribution in [0.2, 0.25) is 0 Å². The molecule has 0 aliphatic heterocycles. The van der Waals surface area contributed by atoms with E-state index in [0.29, 0.717) is 12.2 Å². The maximum absolute atomic E-state index is 11.8. The van der Waals surface area contributed by atoms with Crippen molar-refractivity contribution in [2.45, 2.75) is 11.3 Å². The fraction of sp³-hybridized carbons (Fsp3) is 0.400. The lowest BCUT2D eigenvalue weighted by atomic mass is 10.3. The molecule has 0 unspecified atom stereocenters. The predicted octanol–water partition coefficient (Wildman–Crippen LogP) is 0.610. The van der Waals surface area contributed by atoms with Gasteiger partial charge in [-0.2, -0.15) is 0 Å². The quantitative estimate of drug-likeness (QED) is 0.504. The zero-order valence-corrected chi connectivity index (χ0v) is 10.8. The van der Waals surface area contributed by atoms with E-state index in [1.165, 1.54) is 18.2 Å². The van der Waals surface area contributed by atoms with Gasteiger partial charge < -0.3 is 15.8 Å². The van der Waals surface area contributed by atoms with Crippen molar-refractivity contribution in [3.05, 3.63) is 18.2 Å². The summed E-state index contributed by atoms with van der Waals surface area (Å²) in [5.74, 6) is 0. The summed E-state index contributed by atoms with van der Waals surface area (Å²) >= 11 is 0. The number of hydrogen-bond donors (Lipinski definition) is 3. The van der Waals surface area contributed by atoms with Crippen LogP contribution in [0.5, 0.6) is 0 Å². The van der Waals surface area contributed by atoms with Crippen LogP contribution in [0, 0.1) is 0 Å². The van der Waals surface area contributed by atoms with E-state index in [9.17, 15) is 17.2 Å². The van der Waals surface area contributed by atoms with Crippen LogP contribution in [0.15, 0.2) is 23.1 Å². The minimum absolute atomic E-state index is 0.0148. The number of benzene rings is 1. The second-order valence-corrected chi connectivity index (χ2v) is 5.22. The highest BCUT2D eigenvalue weighted by atomic mass is 32.2. The number of sulfonamides is 1. The second-order valence-electron chi connectivity index (χ2n) is 3.69. The van der Waals surface area contributed by atoms with E-state index in [4.69, 9.17) is 10.9 Å². The highest BCUT2D eigenvalue weighted by Crippen LogP contribution is 2.21. The molecule has 0 aliphatic rings. The van der Waals surface area contributed by atoms with Crippen LogP contribution in [0.3, 0.4) is 0 Å². The van der Waals surface area contributed by atoms with Crippen LogP contribution in [0.25, 0.3) is 0 Å². The third-order valence-corrected chi connectivity index (χ3v) is 3.12. The molecular formula is C10H15F2N3O3S. The van der Waals surface area contributed by atoms with E-state index in [1.807, 2.05) is 0 Å². The van der Waals surface area contributed by atoms with Crippen molar-refractivity contribution in [2.75, 3.05) is 30.8 Å². The molecule has 1 aromatic rings. The Morgan fingerprint density at radius 1 is 1.37 bits per heavy atom. The maximum Gasteiger partial charge on any atom is 0.261 e. The zero-order valence-electron chi connectivity index (χ0n) is 9.97. The molecule has 108 valence electrons. The number of nitrogens with one attached hydrogen (secondary N) is 1. The molecular weight excluding hydrogens is 280 g/mol. The van der Waals surface area contributed by atoms with Gasteiger partial charge in [-0.25, -0.2) is 22.3 Å². The lowest BCUT2D eigenvalue weighted by Gasteiger charge is -2.09. The summed E-state index contributed by atoms with van der Waals surface area (Å²) in [4.78, 5) is -0.160. The summed E-state index contributed by atoms with van der Waals surface area (Å²) in [6.07, 6.45) is -2.50. The van der Waals surface area contributed by atoms with Gasteiger partial charge in [-0.1, -0.05) is 0 Å². The molecule has 0 heterocycles. The first-order chi connectivity index (χ1) is 8.80. The van der Waals surface area contributed by atoms with E-state index in [-0.39, 0.29) is 17.2 Å². The molecule has 19 heavy (non-hydrogen) atoms. The smallest absolute Gasteiger partial charge is 0.261 e. The van der Waals surface area contributed by atoms with Crippen molar-refractivity contribution in [1.29, 1.82) is 0 Å². The molecule has 6 nitrogen and oxygen atoms in total. The summed E-state index contributed by atoms with van der Waals surface area (Å²) in [7, 11) is -3.85. The van der Waals surface area contributed by atoms with Gasteiger partial charge in [0.25, 0.3) is 6.43 Å². The number of nitrogen functional groups attached to an aromatic ring is 1. The summed E-state index contributed by atoms with van der Waals surface area (Å²) in [5.41, 5.74) is 6.11. The number of nitrogens with two attached hydrogens (primary N) is 2. The van der Waals surface area contributed by atoms with Gasteiger partial charge in [0.1, 0.15) is 11.5 Å². The Kier molecular flexibility index (Phi) is 5.45. The number of ether oxygens (including phenoxy) is 1. The third kappa shape index (κ3) is 5.37. The van der Waals surface area contributed by atoms with Gasteiger partial charge in [0, 0.05) is 12.2 Å². The van der Waals surface area contributed by atoms with Crippen molar-refractivity contribution >= 4 is 21.4 Å². The topological polar surface area (TPSA) is 107 Å². The number of rotatable bonds is 7. The molecule has 0 radical (unpaired) electrons. The summed E-state index contributed by atoms with van der Waals surface area (Å²) in [6.45, 7) is -0.226. The number of primary sulfonamides is 1. The lowest BCUT2D eigenvalue weighted by Crippen LogP contribution is -2.15. The van der Waals surface area contributed by atoms with Crippen LogP contribution < -0.4 is 16.2 Å². The van der Waals surface area contributed by atoms with Crippen LogP contribution in [-0.4, -0.2) is 34.6 Å². The Morgan fingerprint density at radius 2 is 2.05 bits per heavy atom. The van der Waals surface area contributed by atoms with E-state index >= 15 is 0 Å². The van der Waals surface area contributed by atoms with E-state index in [1.54, 1.807) is 0 Å². The van der Waals surface area contributed by atoms with Crippen LogP contribution in [0.1, 0.15) is 0 Å². The summed E-state index contributed by atoms with van der Waals surface area (Å²) in [5, 5.41) is 7.81. The summed E-state index contributed by atoms with van der Waals surface area (Å²) in [6, 6.07) is 4.14. The first-order valence-corrected chi connectivity index (χ1v) is 6.87. The van der Waals surface area contributed by atoms with Gasteiger partial charge in [0.05, 0.1) is 12.3 Å². The molecule has 0 aliphatic carbocycles. The first-order valence-electron chi connectivity index (χ1n) is 5.33. The van der Waals surface area contributed by atoms with Crippen molar-refractivity contribution in [3.8, 4) is 0 Å². The maximum atomic E-state index is 11.8. The number of anilines is 2. The lowest BCUT2D eigenvalue weighted by molar-refractivity contribution is 0.0215. The highest BCUT2D eigenvalue weighted by Gasteiger charge is 2.12. The van der Waals surface area contributed by atoms with Crippen molar-refractivity contribution in [1.82, 2.24) is 0 Å². The molecule has 1 aromatic carbocycles. The largest absolute Gasteiger partial charge is 0.398 e. The SMILES string of the molecule is Nc1cc(NCCOCC(F)F)ccc1S(N)(=O)=O. The van der Waals surface area contributed by atoms with Crippen molar-refractivity contribution in [3.63, 3.8) is 0 Å². The molecule has 0 aromatic heterocycles. The van der Waals surface area contributed by atoms with E-state index in [2.05, 4.69) is 10.1 Å². The second kappa shape index (κ2) is 6.64. The Morgan fingerprint density at radius 3 is 2.58 bits per heavy atom. The minimum Gasteiger partial charge on any atom is -0.398 e. The Balaban J connectivity index is 2.51. The monoisotopic (exact) mass is 295 g/mol. The highest BCUT2D eigenvalue weighted by molar-refractivity contribution is 7.89. The Hall–Kier alpha value is -1.45. The fourth-order valence-corrected chi connectivity index (χ4v) is 2.00. The Bertz CT molecular complexity index is 523. The van der Waals surface area contributed by atoms with Crippen LogP contribution >= 0.6 is 0 Å². The Labute approximate surface area is 109 Å². The van der Waals surface area contributed by atoms with Gasteiger partial charge in [-0.3, -0.25) is 0 Å². The molecule has 0 saturated heterocycles. The molecule has 0 fully saturated rings. The average Bonchev–Trinajstić information content (AvgIpc) is 2.26. The van der Waals surface area contributed by atoms with E-state index < -0.39 is 23.1 Å². The summed E-state index contributed by atoms with van der Waals surface area (Å²) < 4.78 is 50.4. The molecule has 0 spiro atoms. The van der Waals surface area contributed by atoms with Gasteiger partial charge in [-0.05, 0) is 18.2 Å². The molecule has 9 heteroatoms. The zero-order chi connectivity index (χ0) is 14.5. The average molecular weight is 295 g/mol. The van der Waals surface area contributed by atoms with E-state index in [0.717, 1.165) is 0 Å². The van der Waals surface area contributed by atoms with Gasteiger partial charge >= 0.3 is 0 Å². The predicted molar refractivity (Wildman–Crippen MR) is 67.5 cm³/mol. The standard InChI is InChI=1S/C10H15F2N3O3S/c11-10(12)6-18-4-3-15-7-1-2-9(8(13)5-7)19(14,16)17/h1-2,5,10,15H,3-4,6,13H2,(H2,14,16,17). The van der Waals surface area contributed by atoms with Gasteiger partial charge in [0.2, 0.25) is 10.0 Å². The normalized spacial score (nSPS) is 11.8. The molecule has 0 atom stereocenters. The van der Waals surface area contributed by atoms with Crippen molar-refractivity contribution in [2.24, 2.45) is 5.14 Å². The number of halogens is 2. The number of hydrogen-bond acceptors (Lipinski definition) is 5. The third-order valence-electron chi connectivity index (χ3n) is 2.14. The molecule has 0 saturated carbocycles. The number of alkyl halides is 2. The molecule has 0 bridgehead atoms. The first kappa shape index (κ1) is 15.6. The minimum atomic E-state index is -3.85. The van der Waals surface area contributed by atoms with Crippen LogP contribution in [-0.2, 0) is 14.8 Å². The molecule has 0 amide bonds. The fourth-order valence-electron chi connectivity index (χ4n) is 1.36. The molecule has 5 N–H and O–H groups in total. The van der Waals surface area contributed by atoms with Gasteiger partial charge in [0.15, 0.2) is 0 Å². The van der Waals surface area contributed by atoms with Crippen molar-refractivity contribution < 1.29 is 21.9 Å². The van der Waals surface area contributed by atoms with Gasteiger partial charge in [-0.15, -0.1) is 0 Å².